The van der Waals surface area contributed by atoms with Crippen molar-refractivity contribution in [3.63, 3.8) is 0 Å². The smallest absolute Gasteiger partial charge is 0.265 e. The predicted octanol–water partition coefficient (Wildman–Crippen LogP) is 1.13. The monoisotopic (exact) mass is 222 g/mol. The van der Waals surface area contributed by atoms with Gasteiger partial charge in [-0.15, -0.1) is 0 Å². The van der Waals surface area contributed by atoms with E-state index in [0.717, 1.165) is 18.9 Å². The van der Waals surface area contributed by atoms with Gasteiger partial charge in [-0.2, -0.15) is 4.98 Å². The number of anilines is 1. The van der Waals surface area contributed by atoms with Crippen LogP contribution in [0.25, 0.3) is 0 Å². The summed E-state index contributed by atoms with van der Waals surface area (Å²) in [4.78, 5) is 6.48. The van der Waals surface area contributed by atoms with Gasteiger partial charge in [0, 0.05) is 25.7 Å². The first-order valence-corrected chi connectivity index (χ1v) is 6.08. The molecule has 5 heteroatoms. The largest absolute Gasteiger partial charge is 0.342 e. The van der Waals surface area contributed by atoms with Crippen LogP contribution in [-0.4, -0.2) is 35.8 Å². The molecule has 3 rings (SSSR count). The Kier molecular flexibility index (Phi) is 2.35. The molecule has 2 saturated heterocycles. The van der Waals surface area contributed by atoms with E-state index >= 15 is 0 Å². The summed E-state index contributed by atoms with van der Waals surface area (Å²) >= 11 is 0. The Hall–Kier alpha value is -1.10. The van der Waals surface area contributed by atoms with Crippen LogP contribution in [0.2, 0.25) is 0 Å². The van der Waals surface area contributed by atoms with Crippen molar-refractivity contribution in [1.82, 2.24) is 15.5 Å². The lowest BCUT2D eigenvalue weighted by atomic mass is 9.89. The normalized spacial score (nSPS) is 32.2. The van der Waals surface area contributed by atoms with Gasteiger partial charge in [0.25, 0.3) is 5.95 Å². The van der Waals surface area contributed by atoms with Crippen molar-refractivity contribution in [3.05, 3.63) is 5.89 Å². The number of aromatic nitrogens is 2. The molecule has 0 amide bonds. The van der Waals surface area contributed by atoms with Gasteiger partial charge >= 0.3 is 0 Å². The van der Waals surface area contributed by atoms with Crippen molar-refractivity contribution < 1.29 is 4.52 Å². The summed E-state index contributed by atoms with van der Waals surface area (Å²) in [6.45, 7) is 2.98. The van der Waals surface area contributed by atoms with Crippen molar-refractivity contribution in [3.8, 4) is 0 Å². The number of rotatable bonds is 3. The van der Waals surface area contributed by atoms with Crippen molar-refractivity contribution in [1.29, 1.82) is 0 Å². The summed E-state index contributed by atoms with van der Waals surface area (Å²) in [6.07, 6.45) is 3.70. The molecule has 3 atom stereocenters. The Bertz CT molecular complexity index is 378. The van der Waals surface area contributed by atoms with Crippen LogP contribution in [0.3, 0.4) is 0 Å². The highest BCUT2D eigenvalue weighted by Gasteiger charge is 2.42. The van der Waals surface area contributed by atoms with Gasteiger partial charge in [0.2, 0.25) is 5.89 Å². The molecular formula is C11H18N4O. The van der Waals surface area contributed by atoms with Gasteiger partial charge in [-0.25, -0.2) is 0 Å². The Balaban J connectivity index is 1.77. The standard InChI is InChI=1S/C11H18N4O/c1-3-15(2)11-13-10(16-14-11)8-6-7-4-5-9(8)12-7/h7-9,12H,3-6H2,1-2H3. The number of nitrogens with zero attached hydrogens (tertiary/aromatic N) is 3. The molecule has 0 radical (unpaired) electrons. The number of hydrogen-bond acceptors (Lipinski definition) is 5. The lowest BCUT2D eigenvalue weighted by Crippen LogP contribution is -2.22. The summed E-state index contributed by atoms with van der Waals surface area (Å²) in [6, 6.07) is 1.24. The van der Waals surface area contributed by atoms with Crippen LogP contribution in [-0.2, 0) is 0 Å². The zero-order valence-corrected chi connectivity index (χ0v) is 9.81. The van der Waals surface area contributed by atoms with E-state index in [1.807, 2.05) is 11.9 Å². The van der Waals surface area contributed by atoms with Crippen molar-refractivity contribution in [2.45, 2.75) is 44.2 Å². The molecule has 1 aromatic heterocycles. The van der Waals surface area contributed by atoms with Crippen LogP contribution in [0.4, 0.5) is 5.95 Å². The molecule has 2 aliphatic rings. The maximum Gasteiger partial charge on any atom is 0.265 e. The molecule has 0 saturated carbocycles. The molecule has 2 bridgehead atoms. The third-order valence-electron chi connectivity index (χ3n) is 3.86. The van der Waals surface area contributed by atoms with E-state index in [9.17, 15) is 0 Å². The summed E-state index contributed by atoms with van der Waals surface area (Å²) in [5.74, 6) is 1.96. The highest BCUT2D eigenvalue weighted by Crippen LogP contribution is 2.39. The maximum absolute atomic E-state index is 5.38. The molecule has 1 aromatic rings. The molecule has 1 N–H and O–H groups in total. The van der Waals surface area contributed by atoms with Crippen molar-refractivity contribution in [2.75, 3.05) is 18.5 Å². The fraction of sp³-hybridized carbons (Fsp3) is 0.818. The second-order valence-electron chi connectivity index (χ2n) is 4.84. The Morgan fingerprint density at radius 1 is 1.50 bits per heavy atom. The SMILES string of the molecule is CCN(C)c1noc(C2CC3CCC2N3)n1. The molecule has 88 valence electrons. The minimum Gasteiger partial charge on any atom is -0.342 e. The van der Waals surface area contributed by atoms with Gasteiger partial charge < -0.3 is 14.7 Å². The third kappa shape index (κ3) is 1.50. The average Bonchev–Trinajstić information content (AvgIpc) is 3.02. The third-order valence-corrected chi connectivity index (χ3v) is 3.86. The van der Waals surface area contributed by atoms with E-state index in [2.05, 4.69) is 22.4 Å². The fourth-order valence-corrected chi connectivity index (χ4v) is 2.77. The number of hydrogen-bond donors (Lipinski definition) is 1. The van der Waals surface area contributed by atoms with E-state index in [-0.39, 0.29) is 0 Å². The van der Waals surface area contributed by atoms with Crippen LogP contribution in [0.15, 0.2) is 4.52 Å². The van der Waals surface area contributed by atoms with E-state index in [0.29, 0.717) is 23.9 Å². The predicted molar refractivity (Wildman–Crippen MR) is 60.5 cm³/mol. The first-order valence-electron chi connectivity index (χ1n) is 6.08. The Labute approximate surface area is 95.2 Å². The minimum absolute atomic E-state index is 0.435. The minimum atomic E-state index is 0.435. The van der Waals surface area contributed by atoms with Gasteiger partial charge in [-0.3, -0.25) is 0 Å². The zero-order valence-electron chi connectivity index (χ0n) is 9.81. The first kappa shape index (κ1) is 10.1. The molecule has 0 aliphatic carbocycles. The highest BCUT2D eigenvalue weighted by atomic mass is 16.5. The first-order chi connectivity index (χ1) is 7.78. The van der Waals surface area contributed by atoms with Crippen LogP contribution < -0.4 is 10.2 Å². The second kappa shape index (κ2) is 3.73. The Morgan fingerprint density at radius 3 is 3.00 bits per heavy atom. The van der Waals surface area contributed by atoms with Gasteiger partial charge in [0.15, 0.2) is 0 Å². The topological polar surface area (TPSA) is 54.2 Å². The van der Waals surface area contributed by atoms with Gasteiger partial charge in [0.05, 0.1) is 5.92 Å². The van der Waals surface area contributed by atoms with Crippen LogP contribution in [0, 0.1) is 0 Å². The summed E-state index contributed by atoms with van der Waals surface area (Å²) in [5.41, 5.74) is 0. The molecular weight excluding hydrogens is 204 g/mol. The lowest BCUT2D eigenvalue weighted by molar-refractivity contribution is 0.329. The summed E-state index contributed by atoms with van der Waals surface area (Å²) in [7, 11) is 1.98. The maximum atomic E-state index is 5.38. The van der Waals surface area contributed by atoms with Crippen LogP contribution >= 0.6 is 0 Å². The molecule has 2 aliphatic heterocycles. The molecule has 0 aromatic carbocycles. The molecule has 0 spiro atoms. The number of fused-ring (bicyclic) bond motifs is 2. The lowest BCUT2D eigenvalue weighted by Gasteiger charge is -2.15. The van der Waals surface area contributed by atoms with E-state index in [1.165, 1.54) is 12.8 Å². The van der Waals surface area contributed by atoms with Crippen LogP contribution in [0.1, 0.15) is 38.0 Å². The molecule has 3 heterocycles. The zero-order chi connectivity index (χ0) is 11.1. The summed E-state index contributed by atoms with van der Waals surface area (Å²) < 4.78 is 5.38. The molecule has 3 unspecified atom stereocenters. The molecule has 5 nitrogen and oxygen atoms in total. The average molecular weight is 222 g/mol. The van der Waals surface area contributed by atoms with E-state index < -0.39 is 0 Å². The Morgan fingerprint density at radius 2 is 2.38 bits per heavy atom. The highest BCUT2D eigenvalue weighted by molar-refractivity contribution is 5.26. The van der Waals surface area contributed by atoms with Gasteiger partial charge in [0.1, 0.15) is 0 Å². The van der Waals surface area contributed by atoms with Gasteiger partial charge in [-0.05, 0) is 31.3 Å². The van der Waals surface area contributed by atoms with Crippen molar-refractivity contribution >= 4 is 5.95 Å². The molecule has 2 fully saturated rings. The van der Waals surface area contributed by atoms with Gasteiger partial charge in [-0.1, -0.05) is 0 Å². The number of nitrogens with one attached hydrogen (secondary N) is 1. The van der Waals surface area contributed by atoms with Crippen molar-refractivity contribution in [2.24, 2.45) is 0 Å². The second-order valence-corrected chi connectivity index (χ2v) is 4.84. The van der Waals surface area contributed by atoms with Crippen LogP contribution in [0.5, 0.6) is 0 Å². The summed E-state index contributed by atoms with van der Waals surface area (Å²) in [5, 5.41) is 7.61. The van der Waals surface area contributed by atoms with E-state index in [4.69, 9.17) is 4.52 Å². The van der Waals surface area contributed by atoms with E-state index in [1.54, 1.807) is 0 Å². The fourth-order valence-electron chi connectivity index (χ4n) is 2.77. The quantitative estimate of drug-likeness (QED) is 0.831. The molecule has 16 heavy (non-hydrogen) atoms.